The molecular formula is C17H27NO3. The number of methoxy groups -OCH3 is 2. The summed E-state index contributed by atoms with van der Waals surface area (Å²) in [6.07, 6.45) is 0. The molecule has 0 N–H and O–H groups in total. The fourth-order valence-corrected chi connectivity index (χ4v) is 2.34. The van der Waals surface area contributed by atoms with E-state index in [1.807, 2.05) is 11.0 Å². The van der Waals surface area contributed by atoms with E-state index in [1.165, 1.54) is 0 Å². The molecule has 0 fully saturated rings. The highest BCUT2D eigenvalue weighted by Gasteiger charge is 2.24. The number of benzene rings is 1. The molecule has 0 atom stereocenters. The Morgan fingerprint density at radius 1 is 1.00 bits per heavy atom. The van der Waals surface area contributed by atoms with Crippen molar-refractivity contribution < 1.29 is 14.3 Å². The third kappa shape index (κ3) is 4.66. The van der Waals surface area contributed by atoms with E-state index < -0.39 is 0 Å². The van der Waals surface area contributed by atoms with Crippen LogP contribution in [0.15, 0.2) is 18.2 Å². The Morgan fingerprint density at radius 3 is 1.76 bits per heavy atom. The highest BCUT2D eigenvalue weighted by molar-refractivity contribution is 5.99. The van der Waals surface area contributed by atoms with Gasteiger partial charge in [0, 0.05) is 13.1 Å². The molecular weight excluding hydrogens is 266 g/mol. The fourth-order valence-electron chi connectivity index (χ4n) is 2.34. The molecule has 0 aromatic heterocycles. The van der Waals surface area contributed by atoms with E-state index in [-0.39, 0.29) is 5.91 Å². The lowest BCUT2D eigenvalue weighted by Gasteiger charge is -2.27. The normalized spacial score (nSPS) is 10.9. The SMILES string of the molecule is COc1cccc(OC)c1C(=O)N(CC(C)C)CC(C)C. The monoisotopic (exact) mass is 293 g/mol. The van der Waals surface area contributed by atoms with Crippen molar-refractivity contribution in [1.29, 1.82) is 0 Å². The molecule has 1 amide bonds. The maximum Gasteiger partial charge on any atom is 0.261 e. The van der Waals surface area contributed by atoms with Crippen molar-refractivity contribution in [3.05, 3.63) is 23.8 Å². The van der Waals surface area contributed by atoms with Gasteiger partial charge in [0.2, 0.25) is 0 Å². The molecule has 0 saturated carbocycles. The van der Waals surface area contributed by atoms with Crippen LogP contribution >= 0.6 is 0 Å². The summed E-state index contributed by atoms with van der Waals surface area (Å²) in [5, 5.41) is 0. The second-order valence-electron chi connectivity index (χ2n) is 6.04. The molecule has 0 unspecified atom stereocenters. The lowest BCUT2D eigenvalue weighted by molar-refractivity contribution is 0.0708. The highest BCUT2D eigenvalue weighted by atomic mass is 16.5. The van der Waals surface area contributed by atoms with E-state index in [4.69, 9.17) is 9.47 Å². The van der Waals surface area contributed by atoms with Crippen LogP contribution < -0.4 is 9.47 Å². The maximum absolute atomic E-state index is 12.9. The minimum atomic E-state index is -0.0355. The van der Waals surface area contributed by atoms with Gasteiger partial charge in [0.25, 0.3) is 5.91 Å². The van der Waals surface area contributed by atoms with Crippen LogP contribution in [0.1, 0.15) is 38.1 Å². The van der Waals surface area contributed by atoms with Gasteiger partial charge < -0.3 is 14.4 Å². The average Bonchev–Trinajstić information content (AvgIpc) is 2.43. The topological polar surface area (TPSA) is 38.8 Å². The van der Waals surface area contributed by atoms with E-state index in [0.717, 1.165) is 13.1 Å². The quantitative estimate of drug-likeness (QED) is 0.773. The van der Waals surface area contributed by atoms with Crippen molar-refractivity contribution in [2.45, 2.75) is 27.7 Å². The molecule has 0 heterocycles. The van der Waals surface area contributed by atoms with Gasteiger partial charge in [-0.2, -0.15) is 0 Å². The summed E-state index contributed by atoms with van der Waals surface area (Å²) in [5.41, 5.74) is 0.504. The van der Waals surface area contributed by atoms with Crippen molar-refractivity contribution in [3.8, 4) is 11.5 Å². The first-order chi connectivity index (χ1) is 9.90. The molecule has 21 heavy (non-hydrogen) atoms. The van der Waals surface area contributed by atoms with Gasteiger partial charge in [-0.15, -0.1) is 0 Å². The molecule has 4 heteroatoms. The molecule has 0 aliphatic carbocycles. The van der Waals surface area contributed by atoms with Gasteiger partial charge in [0.1, 0.15) is 17.1 Å². The summed E-state index contributed by atoms with van der Waals surface area (Å²) in [4.78, 5) is 14.8. The molecule has 1 aromatic carbocycles. The number of carbonyl (C=O) groups is 1. The molecule has 4 nitrogen and oxygen atoms in total. The lowest BCUT2D eigenvalue weighted by atomic mass is 10.1. The Labute approximate surface area is 128 Å². The number of nitrogens with zero attached hydrogens (tertiary/aromatic N) is 1. The van der Waals surface area contributed by atoms with Crippen molar-refractivity contribution in [1.82, 2.24) is 4.90 Å². The number of hydrogen-bond acceptors (Lipinski definition) is 3. The summed E-state index contributed by atoms with van der Waals surface area (Å²) < 4.78 is 10.7. The second kappa shape index (κ2) is 7.91. The molecule has 1 aromatic rings. The number of hydrogen-bond donors (Lipinski definition) is 0. The van der Waals surface area contributed by atoms with E-state index in [2.05, 4.69) is 27.7 Å². The number of rotatable bonds is 7. The van der Waals surface area contributed by atoms with Crippen LogP contribution in [0.4, 0.5) is 0 Å². The predicted octanol–water partition coefficient (Wildman–Crippen LogP) is 3.46. The first kappa shape index (κ1) is 17.3. The minimum Gasteiger partial charge on any atom is -0.496 e. The van der Waals surface area contributed by atoms with Crippen LogP contribution in [-0.2, 0) is 0 Å². The third-order valence-electron chi connectivity index (χ3n) is 3.10. The Bertz CT molecular complexity index is 437. The molecule has 1 rings (SSSR count). The van der Waals surface area contributed by atoms with Crippen LogP contribution in [0.5, 0.6) is 11.5 Å². The maximum atomic E-state index is 12.9. The van der Waals surface area contributed by atoms with E-state index in [0.29, 0.717) is 28.9 Å². The first-order valence-corrected chi connectivity index (χ1v) is 7.40. The molecule has 0 radical (unpaired) electrons. The van der Waals surface area contributed by atoms with Crippen LogP contribution in [-0.4, -0.2) is 38.1 Å². The van der Waals surface area contributed by atoms with Crippen molar-refractivity contribution in [3.63, 3.8) is 0 Å². The third-order valence-corrected chi connectivity index (χ3v) is 3.10. The number of ether oxygens (including phenoxy) is 2. The van der Waals surface area contributed by atoms with Gasteiger partial charge >= 0.3 is 0 Å². The van der Waals surface area contributed by atoms with Gasteiger partial charge in [-0.25, -0.2) is 0 Å². The first-order valence-electron chi connectivity index (χ1n) is 7.40. The second-order valence-corrected chi connectivity index (χ2v) is 6.04. The standard InChI is InChI=1S/C17H27NO3/c1-12(2)10-18(11-13(3)4)17(19)16-14(20-5)8-7-9-15(16)21-6/h7-9,12-13H,10-11H2,1-6H3. The smallest absolute Gasteiger partial charge is 0.261 e. The van der Waals surface area contributed by atoms with Gasteiger partial charge in [0.15, 0.2) is 0 Å². The molecule has 118 valence electrons. The zero-order chi connectivity index (χ0) is 16.0. The summed E-state index contributed by atoms with van der Waals surface area (Å²) in [6.45, 7) is 9.89. The van der Waals surface area contributed by atoms with Crippen molar-refractivity contribution in [2.75, 3.05) is 27.3 Å². The van der Waals surface area contributed by atoms with Crippen LogP contribution in [0.2, 0.25) is 0 Å². The zero-order valence-corrected chi connectivity index (χ0v) is 14.0. The van der Waals surface area contributed by atoms with E-state index in [1.54, 1.807) is 26.4 Å². The average molecular weight is 293 g/mol. The Hall–Kier alpha value is -1.71. The molecule has 0 aliphatic rings. The Kier molecular flexibility index (Phi) is 6.53. The number of carbonyl (C=O) groups excluding carboxylic acids is 1. The summed E-state index contributed by atoms with van der Waals surface area (Å²) in [6, 6.07) is 5.40. The van der Waals surface area contributed by atoms with Crippen molar-refractivity contribution in [2.24, 2.45) is 11.8 Å². The van der Waals surface area contributed by atoms with Crippen LogP contribution in [0.3, 0.4) is 0 Å². The molecule has 0 bridgehead atoms. The Morgan fingerprint density at radius 2 is 1.43 bits per heavy atom. The lowest BCUT2D eigenvalue weighted by Crippen LogP contribution is -2.37. The fraction of sp³-hybridized carbons (Fsp3) is 0.588. The number of amides is 1. The van der Waals surface area contributed by atoms with Gasteiger partial charge in [-0.1, -0.05) is 33.8 Å². The van der Waals surface area contributed by atoms with E-state index >= 15 is 0 Å². The molecule has 0 aliphatic heterocycles. The van der Waals surface area contributed by atoms with Crippen molar-refractivity contribution >= 4 is 5.91 Å². The van der Waals surface area contributed by atoms with Gasteiger partial charge in [-0.05, 0) is 24.0 Å². The summed E-state index contributed by atoms with van der Waals surface area (Å²) in [7, 11) is 3.14. The minimum absolute atomic E-state index is 0.0355. The zero-order valence-electron chi connectivity index (χ0n) is 14.0. The van der Waals surface area contributed by atoms with Crippen LogP contribution in [0.25, 0.3) is 0 Å². The molecule has 0 saturated heterocycles. The van der Waals surface area contributed by atoms with E-state index in [9.17, 15) is 4.79 Å². The Balaban J connectivity index is 3.18. The highest BCUT2D eigenvalue weighted by Crippen LogP contribution is 2.30. The summed E-state index contributed by atoms with van der Waals surface area (Å²) in [5.74, 6) is 1.89. The van der Waals surface area contributed by atoms with Gasteiger partial charge in [-0.3, -0.25) is 4.79 Å². The van der Waals surface area contributed by atoms with Crippen LogP contribution in [0, 0.1) is 11.8 Å². The van der Waals surface area contributed by atoms with Gasteiger partial charge in [0.05, 0.1) is 14.2 Å². The molecule has 0 spiro atoms. The largest absolute Gasteiger partial charge is 0.496 e. The summed E-state index contributed by atoms with van der Waals surface area (Å²) >= 11 is 0. The predicted molar refractivity (Wildman–Crippen MR) is 85.1 cm³/mol.